The van der Waals surface area contributed by atoms with Crippen molar-refractivity contribution in [1.82, 2.24) is 9.55 Å². The molecule has 7 heteroatoms. The molecule has 0 aliphatic carbocycles. The minimum Gasteiger partial charge on any atom is -0.509 e. The maximum atomic E-state index is 6.78. The van der Waals surface area contributed by atoms with Gasteiger partial charge in [-0.1, -0.05) is 156 Å². The molecule has 1 aliphatic rings. The van der Waals surface area contributed by atoms with E-state index in [2.05, 4.69) is 208 Å². The monoisotopic (exact) mass is 1000 g/mol. The number of hydrogen-bond donors (Lipinski definition) is 0. The Kier molecular flexibility index (Phi) is 9.84. The Balaban J connectivity index is 0.00000471. The molecule has 0 saturated carbocycles. The van der Waals surface area contributed by atoms with Crippen LogP contribution in [0.3, 0.4) is 0 Å². The first kappa shape index (κ1) is 40.5. The topological polar surface area (TPSA) is 46.7 Å². The normalized spacial score (nSPS) is 13.0. The molecule has 3 aromatic heterocycles. The van der Waals surface area contributed by atoms with Crippen molar-refractivity contribution in [3.8, 4) is 39.6 Å². The van der Waals surface area contributed by atoms with Crippen LogP contribution in [0.1, 0.15) is 52.7 Å². The van der Waals surface area contributed by atoms with E-state index in [1.807, 2.05) is 24.4 Å². The van der Waals surface area contributed by atoms with Crippen LogP contribution in [0.4, 0.5) is 22.7 Å². The average molecular weight is 1000 g/mol. The number of para-hydroxylation sites is 3. The first-order valence-electron chi connectivity index (χ1n) is 21.2. The summed E-state index contributed by atoms with van der Waals surface area (Å²) in [4.78, 5) is 9.42. The number of furan rings is 1. The first-order valence-corrected chi connectivity index (χ1v) is 21.2. The van der Waals surface area contributed by atoms with Gasteiger partial charge in [-0.15, -0.1) is 36.6 Å². The van der Waals surface area contributed by atoms with Crippen LogP contribution in [0.2, 0.25) is 0 Å². The molecule has 10 aromatic rings. The van der Waals surface area contributed by atoms with Crippen molar-refractivity contribution < 1.29 is 30.2 Å². The minimum atomic E-state index is -0.129. The molecule has 1 aliphatic heterocycles. The summed E-state index contributed by atoms with van der Waals surface area (Å²) in [5.41, 5.74) is 14.3. The Morgan fingerprint density at radius 2 is 1.25 bits per heavy atom. The van der Waals surface area contributed by atoms with Gasteiger partial charge in [-0.25, -0.2) is 4.98 Å². The Morgan fingerprint density at radius 1 is 0.603 bits per heavy atom. The molecule has 314 valence electrons. The molecule has 7 aromatic carbocycles. The van der Waals surface area contributed by atoms with Gasteiger partial charge < -0.3 is 23.5 Å². The van der Waals surface area contributed by atoms with Gasteiger partial charge in [-0.3, -0.25) is 0 Å². The van der Waals surface area contributed by atoms with Crippen molar-refractivity contribution in [2.24, 2.45) is 0 Å². The second-order valence-corrected chi connectivity index (χ2v) is 18.2. The van der Waals surface area contributed by atoms with E-state index in [1.54, 1.807) is 0 Å². The summed E-state index contributed by atoms with van der Waals surface area (Å²) in [5.74, 6) is 1.93. The number of benzene rings is 7. The zero-order chi connectivity index (χ0) is 42.3. The van der Waals surface area contributed by atoms with Crippen molar-refractivity contribution in [2.75, 3.05) is 9.80 Å². The maximum absolute atomic E-state index is 6.78. The van der Waals surface area contributed by atoms with E-state index in [9.17, 15) is 0 Å². The molecule has 0 amide bonds. The Bertz CT molecular complexity index is 3230. The van der Waals surface area contributed by atoms with Gasteiger partial charge >= 0.3 is 0 Å². The molecule has 0 atom stereocenters. The predicted molar refractivity (Wildman–Crippen MR) is 253 cm³/mol. The molecule has 6 nitrogen and oxygen atoms in total. The van der Waals surface area contributed by atoms with Gasteiger partial charge in [-0.05, 0) is 68.8 Å². The second-order valence-electron chi connectivity index (χ2n) is 18.2. The zero-order valence-electron chi connectivity index (χ0n) is 36.0. The van der Waals surface area contributed by atoms with E-state index in [0.717, 1.165) is 89.4 Å². The van der Waals surface area contributed by atoms with Crippen LogP contribution in [0, 0.1) is 18.8 Å². The smallest absolute Gasteiger partial charge is 0.135 e. The molecular weight excluding hydrogens is 956 g/mol. The first-order chi connectivity index (χ1) is 30.0. The summed E-state index contributed by atoms with van der Waals surface area (Å²) in [6.45, 7) is 15.5. The standard InChI is InChI=1S/C56H45N4O2.Pt/c1-55(2,3)38-29-30-57-50(31-38)60-47-28-27-44(56(4,5)6)54-52(47)51-48(60)33-41(34-49(51)62-54)61-40-22-15-21-39(32-40)58-35-59(46-26-14-13-25-45(46)58)53-42(36-17-9-7-10-18-36)23-16-24-43(53)37-19-11-8-12-20-37;/h7-31,34-35H,1-6H3;/q-3;. The Morgan fingerprint density at radius 3 is 1.92 bits per heavy atom. The van der Waals surface area contributed by atoms with E-state index in [0.29, 0.717) is 11.5 Å². The maximum Gasteiger partial charge on any atom is 0.135 e. The summed E-state index contributed by atoms with van der Waals surface area (Å²) in [6.07, 6.45) is 1.90. The molecular formula is C56H45N4O2Pt-3. The van der Waals surface area contributed by atoms with Crippen LogP contribution >= 0.6 is 0 Å². The summed E-state index contributed by atoms with van der Waals surface area (Å²) in [6, 6.07) is 60.2. The number of pyridine rings is 1. The number of fused-ring (bicyclic) bond motifs is 1. The molecule has 0 fully saturated rings. The van der Waals surface area contributed by atoms with Crippen LogP contribution < -0.4 is 14.5 Å². The van der Waals surface area contributed by atoms with Crippen molar-refractivity contribution in [3.63, 3.8) is 0 Å². The van der Waals surface area contributed by atoms with Crippen LogP contribution in [0.25, 0.3) is 61.0 Å². The minimum absolute atomic E-state index is 0. The van der Waals surface area contributed by atoms with E-state index >= 15 is 0 Å². The van der Waals surface area contributed by atoms with E-state index < -0.39 is 0 Å². The van der Waals surface area contributed by atoms with E-state index in [4.69, 9.17) is 14.1 Å². The third-order valence-corrected chi connectivity index (χ3v) is 12.0. The van der Waals surface area contributed by atoms with Crippen LogP contribution in [-0.2, 0) is 31.9 Å². The fraction of sp³-hybridized carbons (Fsp3) is 0.143. The van der Waals surface area contributed by atoms with Crippen molar-refractivity contribution in [2.45, 2.75) is 52.4 Å². The van der Waals surface area contributed by atoms with Gasteiger partial charge in [0.15, 0.2) is 0 Å². The molecule has 11 rings (SSSR count). The van der Waals surface area contributed by atoms with Gasteiger partial charge in [0, 0.05) is 78.0 Å². The van der Waals surface area contributed by atoms with Crippen molar-refractivity contribution in [3.05, 3.63) is 188 Å². The fourth-order valence-corrected chi connectivity index (χ4v) is 8.98. The molecule has 63 heavy (non-hydrogen) atoms. The SMILES string of the molecule is CC(C)(C)c1ccnc(-n2c3[c-]c(Oc4[c-]c(N5[CH-]N(c6c(-c7ccccc7)cccc6-c6ccccc6)c6ccccc65)ccc4)cc4oc5c(C(C)(C)C)ccc2c5c43)c1.[Pt]. The summed E-state index contributed by atoms with van der Waals surface area (Å²) >= 11 is 0. The van der Waals surface area contributed by atoms with Gasteiger partial charge in [0.1, 0.15) is 11.4 Å². The van der Waals surface area contributed by atoms with Gasteiger partial charge in [0.25, 0.3) is 0 Å². The number of aromatic nitrogens is 2. The zero-order valence-corrected chi connectivity index (χ0v) is 38.3. The van der Waals surface area contributed by atoms with Crippen molar-refractivity contribution in [1.29, 1.82) is 0 Å². The molecule has 0 spiro atoms. The summed E-state index contributed by atoms with van der Waals surface area (Å²) in [5, 5.41) is 2.10. The third-order valence-electron chi connectivity index (χ3n) is 12.0. The van der Waals surface area contributed by atoms with Crippen LogP contribution in [0.5, 0.6) is 11.5 Å². The van der Waals surface area contributed by atoms with Crippen LogP contribution in [0.15, 0.2) is 162 Å². The largest absolute Gasteiger partial charge is 0.509 e. The Labute approximate surface area is 383 Å². The predicted octanol–water partition coefficient (Wildman–Crippen LogP) is 15.1. The number of nitrogens with zero attached hydrogens (tertiary/aromatic N) is 4. The molecule has 0 bridgehead atoms. The summed E-state index contributed by atoms with van der Waals surface area (Å²) in [7, 11) is 0. The molecule has 0 saturated heterocycles. The Hall–Kier alpha value is -6.62. The fourth-order valence-electron chi connectivity index (χ4n) is 8.98. The molecule has 4 heterocycles. The average Bonchev–Trinajstić information content (AvgIpc) is 3.96. The number of rotatable bonds is 7. The van der Waals surface area contributed by atoms with Gasteiger partial charge in [0.05, 0.1) is 0 Å². The molecule has 0 N–H and O–H groups in total. The van der Waals surface area contributed by atoms with Gasteiger partial charge in [-0.2, -0.15) is 6.07 Å². The number of hydrogen-bond acceptors (Lipinski definition) is 5. The molecule has 0 unspecified atom stereocenters. The number of ether oxygens (including phenoxy) is 1. The van der Waals surface area contributed by atoms with E-state index in [1.165, 1.54) is 5.56 Å². The molecule has 0 radical (unpaired) electrons. The van der Waals surface area contributed by atoms with Crippen LogP contribution in [-0.4, -0.2) is 9.55 Å². The van der Waals surface area contributed by atoms with E-state index in [-0.39, 0.29) is 31.9 Å². The number of anilines is 4. The van der Waals surface area contributed by atoms with Crippen molar-refractivity contribution >= 4 is 55.7 Å². The summed E-state index contributed by atoms with van der Waals surface area (Å²) < 4.78 is 15.7. The quantitative estimate of drug-likeness (QED) is 0.149. The van der Waals surface area contributed by atoms with Gasteiger partial charge in [0.2, 0.25) is 0 Å². The second kappa shape index (κ2) is 15.3. The third kappa shape index (κ3) is 6.89.